The third-order valence-corrected chi connectivity index (χ3v) is 6.75. The van der Waals surface area contributed by atoms with Crippen molar-refractivity contribution in [3.05, 3.63) is 70.4 Å². The van der Waals surface area contributed by atoms with Crippen LogP contribution < -0.4 is 20.1 Å². The summed E-state index contributed by atoms with van der Waals surface area (Å²) in [7, 11) is 2.95. The number of fused-ring (bicyclic) bond motifs is 1. The number of methoxy groups -OCH3 is 2. The second kappa shape index (κ2) is 9.98. The fraction of sp³-hybridized carbons (Fsp3) is 0.280. The summed E-state index contributed by atoms with van der Waals surface area (Å²) in [6, 6.07) is 12.0. The average Bonchev–Trinajstić information content (AvgIpc) is 2.95. The standard InChI is InChI=1S/C25H23F3N8O4/c1-39-18-9-8-15(12-19(18)40-2)17-13-30-21-20(31-17)22(33-23(29)32-21)35-11-10-34(36(37)38)14-24(35,25(26,27)28)16-6-4-3-5-7-16/h3-9,12-13H,10-11,14H2,1-2H3,(H2,29,30,32,33). The van der Waals surface area contributed by atoms with Crippen LogP contribution in [-0.4, -0.2) is 70.0 Å². The zero-order valence-corrected chi connectivity index (χ0v) is 21.3. The van der Waals surface area contributed by atoms with Gasteiger partial charge in [0.2, 0.25) is 5.95 Å². The maximum Gasteiger partial charge on any atom is 0.417 e. The molecule has 0 aliphatic carbocycles. The molecule has 0 spiro atoms. The summed E-state index contributed by atoms with van der Waals surface area (Å²) in [4.78, 5) is 29.8. The van der Waals surface area contributed by atoms with Crippen LogP contribution in [0.2, 0.25) is 0 Å². The molecule has 2 aromatic carbocycles. The van der Waals surface area contributed by atoms with E-state index in [0.29, 0.717) is 27.8 Å². The van der Waals surface area contributed by atoms with Gasteiger partial charge in [0.25, 0.3) is 0 Å². The fourth-order valence-electron chi connectivity index (χ4n) is 4.86. The molecule has 1 saturated heterocycles. The molecule has 1 aliphatic heterocycles. The monoisotopic (exact) mass is 556 g/mol. The van der Waals surface area contributed by atoms with Crippen LogP contribution in [-0.2, 0) is 5.54 Å². The molecule has 2 aromatic heterocycles. The predicted molar refractivity (Wildman–Crippen MR) is 138 cm³/mol. The summed E-state index contributed by atoms with van der Waals surface area (Å²) >= 11 is 0. The second-order valence-corrected chi connectivity index (χ2v) is 8.90. The van der Waals surface area contributed by atoms with Crippen LogP contribution in [0.3, 0.4) is 0 Å². The lowest BCUT2D eigenvalue weighted by atomic mass is 9.85. The van der Waals surface area contributed by atoms with Crippen molar-refractivity contribution in [3.8, 4) is 22.8 Å². The molecule has 40 heavy (non-hydrogen) atoms. The zero-order chi connectivity index (χ0) is 28.7. The van der Waals surface area contributed by atoms with Crippen molar-refractivity contribution in [2.75, 3.05) is 44.5 Å². The Morgan fingerprint density at radius 2 is 1.75 bits per heavy atom. The minimum Gasteiger partial charge on any atom is -0.493 e. The maximum atomic E-state index is 15.2. The van der Waals surface area contributed by atoms with Gasteiger partial charge in [-0.05, 0) is 23.8 Å². The molecule has 2 N–H and O–H groups in total. The van der Waals surface area contributed by atoms with E-state index in [9.17, 15) is 10.1 Å². The van der Waals surface area contributed by atoms with Crippen LogP contribution in [0.1, 0.15) is 5.56 Å². The topological polar surface area (TPSA) is 146 Å². The largest absolute Gasteiger partial charge is 0.493 e. The summed E-state index contributed by atoms with van der Waals surface area (Å²) in [6.45, 7) is -1.73. The van der Waals surface area contributed by atoms with E-state index < -0.39 is 29.8 Å². The molecule has 4 aromatic rings. The maximum absolute atomic E-state index is 15.2. The van der Waals surface area contributed by atoms with Crippen molar-refractivity contribution in [1.29, 1.82) is 0 Å². The van der Waals surface area contributed by atoms with Crippen molar-refractivity contribution < 1.29 is 27.7 Å². The molecule has 15 heteroatoms. The summed E-state index contributed by atoms with van der Waals surface area (Å²) in [5.41, 5.74) is 3.59. The SMILES string of the molecule is COc1ccc(-c2cnc3nc(N)nc(N4CCN([N+](=O)[O-])CC4(c4ccccc4)C(F)(F)F)c3n2)cc1OC. The molecule has 0 radical (unpaired) electrons. The van der Waals surface area contributed by atoms with Gasteiger partial charge in [-0.1, -0.05) is 30.3 Å². The Balaban J connectivity index is 1.75. The molecule has 0 saturated carbocycles. The summed E-state index contributed by atoms with van der Waals surface area (Å²) < 4.78 is 56.3. The highest BCUT2D eigenvalue weighted by molar-refractivity contribution is 5.86. The summed E-state index contributed by atoms with van der Waals surface area (Å²) in [6.07, 6.45) is -3.58. The number of benzene rings is 2. The van der Waals surface area contributed by atoms with Gasteiger partial charge >= 0.3 is 6.18 Å². The highest BCUT2D eigenvalue weighted by atomic mass is 19.4. The Labute approximate surface area is 225 Å². The Morgan fingerprint density at radius 3 is 2.40 bits per heavy atom. The lowest BCUT2D eigenvalue weighted by molar-refractivity contribution is -0.660. The van der Waals surface area contributed by atoms with Gasteiger partial charge in [0.05, 0.1) is 32.7 Å². The Hall–Kier alpha value is -4.95. The summed E-state index contributed by atoms with van der Waals surface area (Å²) in [5, 5.41) is 11.4. The lowest BCUT2D eigenvalue weighted by Crippen LogP contribution is -2.68. The van der Waals surface area contributed by atoms with Crippen LogP contribution in [0.4, 0.5) is 24.9 Å². The molecular weight excluding hydrogens is 533 g/mol. The first-order chi connectivity index (χ1) is 19.1. The van der Waals surface area contributed by atoms with E-state index in [1.807, 2.05) is 0 Å². The second-order valence-electron chi connectivity index (χ2n) is 8.90. The number of aromatic nitrogens is 4. The smallest absolute Gasteiger partial charge is 0.417 e. The zero-order valence-electron chi connectivity index (χ0n) is 21.3. The number of halogens is 3. The van der Waals surface area contributed by atoms with Crippen molar-refractivity contribution in [2.45, 2.75) is 11.7 Å². The van der Waals surface area contributed by atoms with E-state index in [1.165, 1.54) is 44.7 Å². The molecule has 3 heterocycles. The Bertz CT molecular complexity index is 1570. The van der Waals surface area contributed by atoms with Gasteiger partial charge in [-0.3, -0.25) is 0 Å². The Kier molecular flexibility index (Phi) is 6.65. The van der Waals surface area contributed by atoms with E-state index in [4.69, 9.17) is 15.2 Å². The van der Waals surface area contributed by atoms with Gasteiger partial charge in [-0.25, -0.2) is 20.1 Å². The first-order valence-corrected chi connectivity index (χ1v) is 11.9. The molecule has 1 atom stereocenters. The van der Waals surface area contributed by atoms with E-state index in [1.54, 1.807) is 24.3 Å². The van der Waals surface area contributed by atoms with Crippen LogP contribution in [0.15, 0.2) is 54.7 Å². The van der Waals surface area contributed by atoms with E-state index in [2.05, 4.69) is 19.9 Å². The number of rotatable bonds is 6. The number of anilines is 2. The number of nitrogens with two attached hydrogens (primary N) is 1. The van der Waals surface area contributed by atoms with Crippen molar-refractivity contribution in [2.24, 2.45) is 0 Å². The number of nitrogen functional groups attached to an aromatic ring is 1. The average molecular weight is 557 g/mol. The minimum absolute atomic E-state index is 0.0347. The van der Waals surface area contributed by atoms with Crippen LogP contribution >= 0.6 is 0 Å². The van der Waals surface area contributed by atoms with E-state index in [-0.39, 0.29) is 35.0 Å². The molecule has 208 valence electrons. The minimum atomic E-state index is -4.98. The van der Waals surface area contributed by atoms with E-state index in [0.717, 1.165) is 4.90 Å². The van der Waals surface area contributed by atoms with E-state index >= 15 is 13.2 Å². The number of ether oxygens (including phenoxy) is 2. The molecule has 0 bridgehead atoms. The highest BCUT2D eigenvalue weighted by Crippen LogP contribution is 2.48. The number of piperazine rings is 1. The number of hydrogen-bond donors (Lipinski definition) is 1. The number of alkyl halides is 3. The lowest BCUT2D eigenvalue weighted by Gasteiger charge is -2.49. The third kappa shape index (κ3) is 4.38. The van der Waals surface area contributed by atoms with Crippen LogP contribution in [0.25, 0.3) is 22.4 Å². The third-order valence-electron chi connectivity index (χ3n) is 6.75. The highest BCUT2D eigenvalue weighted by Gasteiger charge is 2.64. The fourth-order valence-corrected chi connectivity index (χ4v) is 4.86. The first kappa shape index (κ1) is 26.6. The number of hydrazine groups is 1. The van der Waals surface area contributed by atoms with Crippen molar-refractivity contribution >= 4 is 22.9 Å². The van der Waals surface area contributed by atoms with Crippen LogP contribution in [0, 0.1) is 10.1 Å². The molecular formula is C25H23F3N8O4. The first-order valence-electron chi connectivity index (χ1n) is 11.9. The van der Waals surface area contributed by atoms with Crippen molar-refractivity contribution in [3.63, 3.8) is 0 Å². The van der Waals surface area contributed by atoms with Gasteiger partial charge in [-0.15, -0.1) is 5.01 Å². The molecule has 1 unspecified atom stereocenters. The van der Waals surface area contributed by atoms with Gasteiger partial charge in [0.1, 0.15) is 6.54 Å². The summed E-state index contributed by atoms with van der Waals surface area (Å²) in [5.74, 6) is 0.308. The quantitative estimate of drug-likeness (QED) is 0.275. The molecule has 5 rings (SSSR count). The van der Waals surface area contributed by atoms with Gasteiger partial charge in [-0.2, -0.15) is 23.1 Å². The van der Waals surface area contributed by atoms with Gasteiger partial charge in [0, 0.05) is 12.1 Å². The predicted octanol–water partition coefficient (Wildman–Crippen LogP) is 3.46. The molecule has 12 nitrogen and oxygen atoms in total. The number of nitro groups is 1. The number of nitrogens with zero attached hydrogens (tertiary/aromatic N) is 7. The molecule has 1 aliphatic rings. The normalized spacial score (nSPS) is 17.6. The number of hydrogen-bond acceptors (Lipinski definition) is 10. The van der Waals surface area contributed by atoms with Crippen LogP contribution in [0.5, 0.6) is 11.5 Å². The Morgan fingerprint density at radius 1 is 1.02 bits per heavy atom. The van der Waals surface area contributed by atoms with Crippen molar-refractivity contribution in [1.82, 2.24) is 24.9 Å². The molecule has 0 amide bonds. The van der Waals surface area contributed by atoms with Gasteiger partial charge < -0.3 is 20.1 Å². The van der Waals surface area contributed by atoms with Gasteiger partial charge in [0.15, 0.2) is 39.1 Å². The molecule has 1 fully saturated rings.